The Morgan fingerprint density at radius 3 is 2.95 bits per heavy atom. The first-order chi connectivity index (χ1) is 10.3. The highest BCUT2D eigenvalue weighted by atomic mass is 15.2. The van der Waals surface area contributed by atoms with Gasteiger partial charge in [-0.2, -0.15) is 0 Å². The van der Waals surface area contributed by atoms with Gasteiger partial charge in [-0.05, 0) is 49.1 Å². The largest absolute Gasteiger partial charge is 0.358 e. The third-order valence-electron chi connectivity index (χ3n) is 5.56. The average Bonchev–Trinajstić information content (AvgIpc) is 3.19. The smallest absolute Gasteiger partial charge is 0.152 e. The number of hydrogen-bond donors (Lipinski definition) is 1. The standard InChI is InChI=1S/C17H24N4/c1-20(11-14-9-12-5-6-13(14)8-12)17-15(10-18)21-7-3-2-4-16(21)19-17/h2-4,7,12-14H,5-6,8-11,18H2,1H3. The zero-order chi connectivity index (χ0) is 14.4. The number of hydrogen-bond acceptors (Lipinski definition) is 3. The van der Waals surface area contributed by atoms with Crippen LogP contribution in [0.2, 0.25) is 0 Å². The second-order valence-corrected chi connectivity index (χ2v) is 6.83. The highest BCUT2D eigenvalue weighted by Gasteiger charge is 2.39. The van der Waals surface area contributed by atoms with Crippen molar-refractivity contribution >= 4 is 11.5 Å². The molecule has 2 saturated carbocycles. The van der Waals surface area contributed by atoms with Gasteiger partial charge in [0.1, 0.15) is 5.65 Å². The van der Waals surface area contributed by atoms with Gasteiger partial charge in [0.15, 0.2) is 5.82 Å². The lowest BCUT2D eigenvalue weighted by molar-refractivity contribution is 0.337. The Morgan fingerprint density at radius 1 is 1.33 bits per heavy atom. The van der Waals surface area contributed by atoms with Gasteiger partial charge < -0.3 is 15.0 Å². The first-order valence-corrected chi connectivity index (χ1v) is 8.13. The van der Waals surface area contributed by atoms with Crippen LogP contribution in [-0.4, -0.2) is 23.0 Å². The summed E-state index contributed by atoms with van der Waals surface area (Å²) in [6, 6.07) is 6.11. The number of nitrogens with zero attached hydrogens (tertiary/aromatic N) is 3. The Hall–Kier alpha value is -1.55. The summed E-state index contributed by atoms with van der Waals surface area (Å²) in [5.41, 5.74) is 8.09. The van der Waals surface area contributed by atoms with E-state index in [1.54, 1.807) is 0 Å². The van der Waals surface area contributed by atoms with Crippen molar-refractivity contribution in [1.29, 1.82) is 0 Å². The van der Waals surface area contributed by atoms with E-state index in [0.29, 0.717) is 6.54 Å². The molecule has 2 aromatic heterocycles. The fourth-order valence-electron chi connectivity index (χ4n) is 4.57. The zero-order valence-corrected chi connectivity index (χ0v) is 12.7. The van der Waals surface area contributed by atoms with E-state index in [-0.39, 0.29) is 0 Å². The van der Waals surface area contributed by atoms with E-state index in [0.717, 1.165) is 41.5 Å². The summed E-state index contributed by atoms with van der Waals surface area (Å²) in [4.78, 5) is 7.13. The lowest BCUT2D eigenvalue weighted by Gasteiger charge is -2.27. The van der Waals surface area contributed by atoms with Crippen LogP contribution in [0.25, 0.3) is 5.65 Å². The summed E-state index contributed by atoms with van der Waals surface area (Å²) in [5.74, 6) is 3.87. The van der Waals surface area contributed by atoms with Gasteiger partial charge in [0.2, 0.25) is 0 Å². The SMILES string of the molecule is CN(CC1CC2CCC1C2)c1nc2ccccn2c1CN. The normalized spacial score (nSPS) is 27.6. The molecule has 2 aliphatic carbocycles. The molecule has 4 rings (SSSR count). The molecule has 21 heavy (non-hydrogen) atoms. The molecule has 2 bridgehead atoms. The van der Waals surface area contributed by atoms with Crippen LogP contribution < -0.4 is 10.6 Å². The maximum absolute atomic E-state index is 5.98. The minimum absolute atomic E-state index is 0.529. The predicted molar refractivity (Wildman–Crippen MR) is 85.3 cm³/mol. The highest BCUT2D eigenvalue weighted by Crippen LogP contribution is 2.48. The van der Waals surface area contributed by atoms with Gasteiger partial charge in [-0.15, -0.1) is 0 Å². The molecule has 2 aliphatic rings. The van der Waals surface area contributed by atoms with Crippen LogP contribution in [0.15, 0.2) is 24.4 Å². The molecule has 0 radical (unpaired) electrons. The number of pyridine rings is 1. The van der Waals surface area contributed by atoms with Crippen LogP contribution in [0.5, 0.6) is 0 Å². The number of nitrogens with two attached hydrogens (primary N) is 1. The molecule has 3 atom stereocenters. The van der Waals surface area contributed by atoms with E-state index in [9.17, 15) is 0 Å². The molecule has 0 amide bonds. The molecule has 2 aromatic rings. The monoisotopic (exact) mass is 284 g/mol. The van der Waals surface area contributed by atoms with Gasteiger partial charge in [0.25, 0.3) is 0 Å². The molecule has 4 heteroatoms. The summed E-state index contributed by atoms with van der Waals surface area (Å²) in [5, 5.41) is 0. The minimum atomic E-state index is 0.529. The molecule has 2 fully saturated rings. The van der Waals surface area contributed by atoms with Gasteiger partial charge in [-0.1, -0.05) is 12.5 Å². The van der Waals surface area contributed by atoms with E-state index in [2.05, 4.69) is 22.5 Å². The topological polar surface area (TPSA) is 46.6 Å². The average molecular weight is 284 g/mol. The van der Waals surface area contributed by atoms with Gasteiger partial charge in [-0.3, -0.25) is 0 Å². The van der Waals surface area contributed by atoms with Gasteiger partial charge in [-0.25, -0.2) is 4.98 Å². The summed E-state index contributed by atoms with van der Waals surface area (Å²) in [7, 11) is 2.17. The maximum Gasteiger partial charge on any atom is 0.152 e. The van der Waals surface area contributed by atoms with Crippen molar-refractivity contribution in [3.05, 3.63) is 30.1 Å². The lowest BCUT2D eigenvalue weighted by atomic mass is 9.88. The van der Waals surface area contributed by atoms with E-state index in [1.807, 2.05) is 18.2 Å². The van der Waals surface area contributed by atoms with Crippen LogP contribution >= 0.6 is 0 Å². The molecule has 0 spiro atoms. The quantitative estimate of drug-likeness (QED) is 0.939. The van der Waals surface area contributed by atoms with Crippen LogP contribution in [0.3, 0.4) is 0 Å². The summed E-state index contributed by atoms with van der Waals surface area (Å²) in [6.07, 6.45) is 7.85. The summed E-state index contributed by atoms with van der Waals surface area (Å²) < 4.78 is 2.12. The van der Waals surface area contributed by atoms with E-state index in [4.69, 9.17) is 10.7 Å². The van der Waals surface area contributed by atoms with Crippen LogP contribution in [0.4, 0.5) is 5.82 Å². The van der Waals surface area contributed by atoms with Gasteiger partial charge in [0, 0.05) is 26.3 Å². The molecular weight excluding hydrogens is 260 g/mol. The third kappa shape index (κ3) is 2.13. The number of fused-ring (bicyclic) bond motifs is 3. The van der Waals surface area contributed by atoms with Crippen LogP contribution in [0, 0.1) is 17.8 Å². The first kappa shape index (κ1) is 13.1. The maximum atomic E-state index is 5.98. The Balaban J connectivity index is 1.60. The van der Waals surface area contributed by atoms with Crippen molar-refractivity contribution in [3.63, 3.8) is 0 Å². The van der Waals surface area contributed by atoms with E-state index in [1.165, 1.54) is 25.7 Å². The third-order valence-corrected chi connectivity index (χ3v) is 5.56. The minimum Gasteiger partial charge on any atom is -0.358 e. The van der Waals surface area contributed by atoms with E-state index < -0.39 is 0 Å². The van der Waals surface area contributed by atoms with E-state index >= 15 is 0 Å². The van der Waals surface area contributed by atoms with Crippen LogP contribution in [-0.2, 0) is 6.54 Å². The van der Waals surface area contributed by atoms with Crippen molar-refractivity contribution < 1.29 is 0 Å². The fraction of sp³-hybridized carbons (Fsp3) is 0.588. The zero-order valence-electron chi connectivity index (χ0n) is 12.7. The van der Waals surface area contributed by atoms with Crippen molar-refractivity contribution in [2.45, 2.75) is 32.2 Å². The van der Waals surface area contributed by atoms with Gasteiger partial charge >= 0.3 is 0 Å². The molecule has 112 valence electrons. The Morgan fingerprint density at radius 2 is 2.24 bits per heavy atom. The number of rotatable bonds is 4. The van der Waals surface area contributed by atoms with Crippen molar-refractivity contribution in [2.24, 2.45) is 23.5 Å². The molecule has 4 nitrogen and oxygen atoms in total. The number of anilines is 1. The Kier molecular flexibility index (Phi) is 3.14. The van der Waals surface area contributed by atoms with Crippen molar-refractivity contribution in [3.8, 4) is 0 Å². The second kappa shape index (κ2) is 5.02. The predicted octanol–water partition coefficient (Wildman–Crippen LogP) is 2.67. The van der Waals surface area contributed by atoms with Crippen molar-refractivity contribution in [2.75, 3.05) is 18.5 Å². The Labute approximate surface area is 126 Å². The first-order valence-electron chi connectivity index (χ1n) is 8.13. The molecule has 0 aliphatic heterocycles. The molecular formula is C17H24N4. The van der Waals surface area contributed by atoms with Crippen LogP contribution in [0.1, 0.15) is 31.4 Å². The molecule has 3 unspecified atom stereocenters. The number of imidazole rings is 1. The molecule has 0 saturated heterocycles. The summed E-state index contributed by atoms with van der Waals surface area (Å²) >= 11 is 0. The second-order valence-electron chi connectivity index (χ2n) is 6.83. The molecule has 0 aromatic carbocycles. The van der Waals surface area contributed by atoms with Crippen molar-refractivity contribution in [1.82, 2.24) is 9.38 Å². The number of aromatic nitrogens is 2. The summed E-state index contributed by atoms with van der Waals surface area (Å²) in [6.45, 7) is 1.65. The molecule has 2 heterocycles. The fourth-order valence-corrected chi connectivity index (χ4v) is 4.57. The van der Waals surface area contributed by atoms with Gasteiger partial charge in [0.05, 0.1) is 5.69 Å². The Bertz CT molecular complexity index is 647. The highest BCUT2D eigenvalue weighted by molar-refractivity contribution is 5.55. The molecule has 2 N–H and O–H groups in total. The lowest BCUT2D eigenvalue weighted by Crippen LogP contribution is -2.29.